The highest BCUT2D eigenvalue weighted by Gasteiger charge is 2.43. The maximum atomic E-state index is 12.8. The first-order valence-electron chi connectivity index (χ1n) is 5.35. The van der Waals surface area contributed by atoms with E-state index in [1.165, 1.54) is 12.1 Å². The quantitative estimate of drug-likeness (QED) is 0.811. The molecule has 0 amide bonds. The molecular formula is C12H11F2NO2. The molecule has 5 heteroatoms. The Morgan fingerprint density at radius 3 is 2.71 bits per heavy atom. The van der Waals surface area contributed by atoms with Gasteiger partial charge in [0, 0.05) is 0 Å². The molecule has 1 aromatic rings. The molecule has 1 heterocycles. The molecular weight excluding hydrogens is 228 g/mol. The zero-order valence-electron chi connectivity index (χ0n) is 9.24. The van der Waals surface area contributed by atoms with Gasteiger partial charge < -0.3 is 9.47 Å². The van der Waals surface area contributed by atoms with Crippen LogP contribution < -0.4 is 9.47 Å². The van der Waals surface area contributed by atoms with Gasteiger partial charge in [-0.1, -0.05) is 19.4 Å². The highest BCUT2D eigenvalue weighted by atomic mass is 19.3. The molecule has 2 rings (SSSR count). The molecule has 0 spiro atoms. The van der Waals surface area contributed by atoms with Crippen molar-refractivity contribution in [3.8, 4) is 17.6 Å². The summed E-state index contributed by atoms with van der Waals surface area (Å²) in [6.45, 7) is 1.96. The van der Waals surface area contributed by atoms with Crippen molar-refractivity contribution in [2.45, 2.75) is 32.0 Å². The lowest BCUT2D eigenvalue weighted by Gasteiger charge is -2.08. The monoisotopic (exact) mass is 239 g/mol. The second-order valence-corrected chi connectivity index (χ2v) is 3.84. The van der Waals surface area contributed by atoms with E-state index in [9.17, 15) is 8.78 Å². The summed E-state index contributed by atoms with van der Waals surface area (Å²) in [4.78, 5) is 0. The van der Waals surface area contributed by atoms with Gasteiger partial charge in [-0.25, -0.2) is 0 Å². The van der Waals surface area contributed by atoms with Crippen LogP contribution in [0.3, 0.4) is 0 Å². The van der Waals surface area contributed by atoms with Gasteiger partial charge in [0.05, 0.1) is 12.0 Å². The van der Waals surface area contributed by atoms with Gasteiger partial charge in [-0.05, 0) is 24.1 Å². The van der Waals surface area contributed by atoms with Crippen LogP contribution in [0.25, 0.3) is 0 Å². The first-order chi connectivity index (χ1) is 8.05. The fourth-order valence-corrected chi connectivity index (χ4v) is 1.78. The molecule has 0 saturated heterocycles. The van der Waals surface area contributed by atoms with E-state index in [4.69, 9.17) is 5.26 Å². The van der Waals surface area contributed by atoms with E-state index in [0.29, 0.717) is 12.0 Å². The lowest BCUT2D eigenvalue weighted by Crippen LogP contribution is -2.25. The van der Waals surface area contributed by atoms with Crippen molar-refractivity contribution in [2.75, 3.05) is 0 Å². The van der Waals surface area contributed by atoms with Crippen molar-refractivity contribution in [1.82, 2.24) is 0 Å². The summed E-state index contributed by atoms with van der Waals surface area (Å²) in [6, 6.07) is 6.62. The molecule has 0 N–H and O–H groups in total. The topological polar surface area (TPSA) is 42.2 Å². The number of halogens is 2. The summed E-state index contributed by atoms with van der Waals surface area (Å²) < 4.78 is 34.2. The zero-order valence-corrected chi connectivity index (χ0v) is 9.24. The second kappa shape index (κ2) is 4.21. The molecule has 0 aromatic heterocycles. The van der Waals surface area contributed by atoms with Crippen LogP contribution in [-0.4, -0.2) is 6.29 Å². The Kier molecular flexibility index (Phi) is 2.88. The van der Waals surface area contributed by atoms with E-state index in [2.05, 4.69) is 15.5 Å². The first kappa shape index (κ1) is 11.6. The Balaban J connectivity index is 2.27. The fourth-order valence-electron chi connectivity index (χ4n) is 1.78. The molecule has 3 nitrogen and oxygen atoms in total. The molecule has 1 atom stereocenters. The first-order valence-corrected chi connectivity index (χ1v) is 5.35. The van der Waals surface area contributed by atoms with Crippen molar-refractivity contribution in [1.29, 1.82) is 5.26 Å². The Bertz CT molecular complexity index is 468. The van der Waals surface area contributed by atoms with Crippen LogP contribution in [0, 0.1) is 11.3 Å². The van der Waals surface area contributed by atoms with E-state index in [1.54, 1.807) is 6.07 Å². The van der Waals surface area contributed by atoms with Crippen LogP contribution in [0.1, 0.15) is 31.2 Å². The summed E-state index contributed by atoms with van der Waals surface area (Å²) in [6.07, 6.45) is -2.07. The maximum absolute atomic E-state index is 12.8. The number of ether oxygens (including phenoxy) is 2. The minimum absolute atomic E-state index is 0.00642. The molecule has 90 valence electrons. The van der Waals surface area contributed by atoms with Gasteiger partial charge in [0.15, 0.2) is 11.5 Å². The number of rotatable bonds is 3. The minimum Gasteiger partial charge on any atom is -0.395 e. The fraction of sp³-hybridized carbons (Fsp3) is 0.417. The van der Waals surface area contributed by atoms with Crippen molar-refractivity contribution in [3.05, 3.63) is 23.8 Å². The number of nitriles is 1. The van der Waals surface area contributed by atoms with E-state index < -0.39 is 6.29 Å². The summed E-state index contributed by atoms with van der Waals surface area (Å²) in [7, 11) is 0. The van der Waals surface area contributed by atoms with Crippen LogP contribution in [0.4, 0.5) is 8.78 Å². The summed E-state index contributed by atoms with van der Waals surface area (Å²) >= 11 is 0. The van der Waals surface area contributed by atoms with Crippen molar-refractivity contribution >= 4 is 0 Å². The second-order valence-electron chi connectivity index (χ2n) is 3.84. The lowest BCUT2D eigenvalue weighted by molar-refractivity contribution is -0.286. The van der Waals surface area contributed by atoms with Crippen LogP contribution in [0.15, 0.2) is 18.2 Å². The summed E-state index contributed by atoms with van der Waals surface area (Å²) in [5.74, 6) is -0.307. The minimum atomic E-state index is -3.60. The molecule has 0 radical (unpaired) electrons. The Morgan fingerprint density at radius 1 is 1.35 bits per heavy atom. The third-order valence-electron chi connectivity index (χ3n) is 2.56. The van der Waals surface area contributed by atoms with Crippen LogP contribution in [0.2, 0.25) is 0 Å². The van der Waals surface area contributed by atoms with Crippen molar-refractivity contribution in [3.63, 3.8) is 0 Å². The van der Waals surface area contributed by atoms with Crippen molar-refractivity contribution in [2.24, 2.45) is 0 Å². The van der Waals surface area contributed by atoms with E-state index in [1.807, 2.05) is 6.92 Å². The Labute approximate surface area is 97.6 Å². The highest BCUT2D eigenvalue weighted by molar-refractivity contribution is 5.46. The smallest absolute Gasteiger partial charge is 0.395 e. The third-order valence-corrected chi connectivity index (χ3v) is 2.56. The van der Waals surface area contributed by atoms with Crippen LogP contribution >= 0.6 is 0 Å². The van der Waals surface area contributed by atoms with Gasteiger partial charge in [0.25, 0.3) is 0 Å². The predicted molar refractivity (Wildman–Crippen MR) is 55.9 cm³/mol. The summed E-state index contributed by atoms with van der Waals surface area (Å²) in [5, 5.41) is 8.99. The SMILES string of the molecule is CCCC(C#N)c1ccc2c(c1)OC(F)(F)O2. The van der Waals surface area contributed by atoms with Gasteiger partial charge >= 0.3 is 6.29 Å². The molecule has 0 aliphatic carbocycles. The Hall–Kier alpha value is -1.83. The maximum Gasteiger partial charge on any atom is 0.586 e. The number of alkyl halides is 2. The zero-order chi connectivity index (χ0) is 12.5. The van der Waals surface area contributed by atoms with Crippen LogP contribution in [-0.2, 0) is 0 Å². The lowest BCUT2D eigenvalue weighted by atomic mass is 9.96. The highest BCUT2D eigenvalue weighted by Crippen LogP contribution is 2.42. The number of fused-ring (bicyclic) bond motifs is 1. The molecule has 1 aromatic carbocycles. The number of hydrogen-bond acceptors (Lipinski definition) is 3. The molecule has 0 saturated carbocycles. The molecule has 1 aliphatic rings. The standard InChI is InChI=1S/C12H11F2NO2/c1-2-3-9(7-15)8-4-5-10-11(6-8)17-12(13,14)16-10/h4-6,9H,2-3H2,1H3. The van der Waals surface area contributed by atoms with Gasteiger partial charge in [-0.3, -0.25) is 0 Å². The average Bonchev–Trinajstić information content (AvgIpc) is 2.58. The van der Waals surface area contributed by atoms with Crippen LogP contribution in [0.5, 0.6) is 11.5 Å². The van der Waals surface area contributed by atoms with Gasteiger partial charge in [0.2, 0.25) is 0 Å². The molecule has 1 aliphatic heterocycles. The van der Waals surface area contributed by atoms with E-state index in [-0.39, 0.29) is 17.4 Å². The van der Waals surface area contributed by atoms with Gasteiger partial charge in [-0.15, -0.1) is 8.78 Å². The van der Waals surface area contributed by atoms with E-state index in [0.717, 1.165) is 6.42 Å². The number of benzene rings is 1. The predicted octanol–water partition coefficient (Wildman–Crippen LogP) is 3.42. The average molecular weight is 239 g/mol. The molecule has 17 heavy (non-hydrogen) atoms. The largest absolute Gasteiger partial charge is 0.586 e. The molecule has 1 unspecified atom stereocenters. The molecule has 0 bridgehead atoms. The summed E-state index contributed by atoms with van der Waals surface area (Å²) in [5.41, 5.74) is 0.675. The molecule has 0 fully saturated rings. The Morgan fingerprint density at radius 2 is 2.06 bits per heavy atom. The third kappa shape index (κ3) is 2.31. The number of nitrogens with zero attached hydrogens (tertiary/aromatic N) is 1. The van der Waals surface area contributed by atoms with Gasteiger partial charge in [0.1, 0.15) is 0 Å². The van der Waals surface area contributed by atoms with Crippen molar-refractivity contribution < 1.29 is 18.3 Å². The normalized spacial score (nSPS) is 17.5. The van der Waals surface area contributed by atoms with E-state index >= 15 is 0 Å². The number of hydrogen-bond donors (Lipinski definition) is 0. The van der Waals surface area contributed by atoms with Gasteiger partial charge in [-0.2, -0.15) is 5.26 Å².